The van der Waals surface area contributed by atoms with E-state index in [0.717, 1.165) is 16.5 Å². The van der Waals surface area contributed by atoms with E-state index in [2.05, 4.69) is 0 Å². The largest absolute Gasteiger partial charge is 0.306 e. The van der Waals surface area contributed by atoms with Crippen molar-refractivity contribution in [1.29, 1.82) is 0 Å². The van der Waals surface area contributed by atoms with Crippen molar-refractivity contribution in [2.45, 2.75) is 17.7 Å². The van der Waals surface area contributed by atoms with Crippen LogP contribution in [-0.2, 0) is 21.1 Å². The van der Waals surface area contributed by atoms with Gasteiger partial charge in [0.15, 0.2) is 11.1 Å². The highest BCUT2D eigenvalue weighted by atomic mass is 32.2. The van der Waals surface area contributed by atoms with E-state index in [9.17, 15) is 12.6 Å². The lowest BCUT2D eigenvalue weighted by Gasteiger charge is -2.16. The first kappa shape index (κ1) is 16.1. The second-order valence-corrected chi connectivity index (χ2v) is 9.30. The molecular formula is C14H17NO4S3. The van der Waals surface area contributed by atoms with E-state index in [0.29, 0.717) is 24.4 Å². The Morgan fingerprint density at radius 1 is 1.36 bits per heavy atom. The summed E-state index contributed by atoms with van der Waals surface area (Å²) in [5, 5.41) is 2.48. The van der Waals surface area contributed by atoms with Gasteiger partial charge in [-0.15, -0.1) is 11.3 Å². The van der Waals surface area contributed by atoms with Gasteiger partial charge in [-0.1, -0.05) is 18.2 Å². The maximum Gasteiger partial charge on any atom is 0.244 e. The zero-order chi connectivity index (χ0) is 15.7. The molecule has 0 radical (unpaired) electrons. The van der Waals surface area contributed by atoms with Gasteiger partial charge in [-0.2, -0.15) is 4.31 Å². The van der Waals surface area contributed by atoms with Crippen molar-refractivity contribution in [1.82, 2.24) is 4.31 Å². The third-order valence-electron chi connectivity index (χ3n) is 4.01. The standard InChI is InChI=1S/C14H17NO4S3/c16-21(17)8-6-11-5-7-15(9-11)22(18,19)14-10-20-13-4-2-1-3-12(13)14/h1-4,10-11H,5-9H2,(H,16,17). The van der Waals surface area contributed by atoms with Gasteiger partial charge < -0.3 is 4.55 Å². The average molecular weight is 359 g/mol. The zero-order valence-electron chi connectivity index (χ0n) is 11.8. The summed E-state index contributed by atoms with van der Waals surface area (Å²) in [6, 6.07) is 7.50. The van der Waals surface area contributed by atoms with Gasteiger partial charge in [-0.25, -0.2) is 12.6 Å². The summed E-state index contributed by atoms with van der Waals surface area (Å²) in [6.45, 7) is 0.916. The van der Waals surface area contributed by atoms with Crippen LogP contribution in [0.1, 0.15) is 12.8 Å². The average Bonchev–Trinajstić information content (AvgIpc) is 3.12. The van der Waals surface area contributed by atoms with Crippen LogP contribution in [-0.4, -0.2) is 40.3 Å². The van der Waals surface area contributed by atoms with Crippen LogP contribution in [0.2, 0.25) is 0 Å². The van der Waals surface area contributed by atoms with Gasteiger partial charge in [0.05, 0.1) is 0 Å². The van der Waals surface area contributed by atoms with Crippen molar-refractivity contribution in [2.75, 3.05) is 18.8 Å². The van der Waals surface area contributed by atoms with Crippen LogP contribution in [0.3, 0.4) is 0 Å². The Bertz CT molecular complexity index is 799. The van der Waals surface area contributed by atoms with Gasteiger partial charge in [0.25, 0.3) is 0 Å². The molecule has 2 unspecified atom stereocenters. The van der Waals surface area contributed by atoms with Crippen molar-refractivity contribution in [2.24, 2.45) is 5.92 Å². The zero-order valence-corrected chi connectivity index (χ0v) is 14.3. The number of rotatable bonds is 5. The van der Waals surface area contributed by atoms with Crippen molar-refractivity contribution in [3.05, 3.63) is 29.6 Å². The first-order valence-corrected chi connectivity index (χ1v) is 10.6. The Labute approximate surface area is 136 Å². The summed E-state index contributed by atoms with van der Waals surface area (Å²) in [6.07, 6.45) is 1.33. The van der Waals surface area contributed by atoms with Crippen LogP contribution in [0.4, 0.5) is 0 Å². The van der Waals surface area contributed by atoms with E-state index in [1.54, 1.807) is 5.38 Å². The van der Waals surface area contributed by atoms with Crippen LogP contribution < -0.4 is 0 Å². The van der Waals surface area contributed by atoms with Crippen LogP contribution in [0.25, 0.3) is 10.1 Å². The van der Waals surface area contributed by atoms with Crippen molar-refractivity contribution in [3.8, 4) is 0 Å². The van der Waals surface area contributed by atoms with Gasteiger partial charge >= 0.3 is 0 Å². The lowest BCUT2D eigenvalue weighted by molar-refractivity contribution is 0.452. The summed E-state index contributed by atoms with van der Waals surface area (Å²) in [5.74, 6) is 0.371. The molecule has 1 aliphatic heterocycles. The van der Waals surface area contributed by atoms with E-state index in [1.807, 2.05) is 24.3 Å². The number of thiophene rings is 1. The number of nitrogens with zero attached hydrogens (tertiary/aromatic N) is 1. The fourth-order valence-electron chi connectivity index (χ4n) is 2.81. The Morgan fingerprint density at radius 3 is 2.91 bits per heavy atom. The molecule has 1 N–H and O–H groups in total. The number of fused-ring (bicyclic) bond motifs is 1. The Hall–Kier alpha value is -0.800. The molecule has 0 aliphatic carbocycles. The van der Waals surface area contributed by atoms with Crippen LogP contribution >= 0.6 is 11.3 Å². The number of hydrogen-bond acceptors (Lipinski definition) is 4. The number of benzene rings is 1. The van der Waals surface area contributed by atoms with E-state index in [4.69, 9.17) is 4.55 Å². The van der Waals surface area contributed by atoms with Gasteiger partial charge in [0.1, 0.15) is 4.90 Å². The molecule has 2 heterocycles. The lowest BCUT2D eigenvalue weighted by Crippen LogP contribution is -2.28. The lowest BCUT2D eigenvalue weighted by atomic mass is 10.1. The van der Waals surface area contributed by atoms with Crippen molar-refractivity contribution in [3.63, 3.8) is 0 Å². The highest BCUT2D eigenvalue weighted by Crippen LogP contribution is 2.33. The molecule has 0 amide bonds. The van der Waals surface area contributed by atoms with Gasteiger partial charge in [0.2, 0.25) is 10.0 Å². The topological polar surface area (TPSA) is 74.7 Å². The Kier molecular flexibility index (Phi) is 4.65. The monoisotopic (exact) mass is 359 g/mol. The summed E-state index contributed by atoms with van der Waals surface area (Å²) in [4.78, 5) is 0.375. The third-order valence-corrected chi connectivity index (χ3v) is 7.62. The quantitative estimate of drug-likeness (QED) is 0.833. The van der Waals surface area contributed by atoms with E-state index in [1.165, 1.54) is 15.6 Å². The van der Waals surface area contributed by atoms with Crippen LogP contribution in [0.15, 0.2) is 34.5 Å². The molecular weight excluding hydrogens is 342 g/mol. The molecule has 1 aromatic heterocycles. The summed E-state index contributed by atoms with van der Waals surface area (Å²) in [7, 11) is -3.49. The molecule has 2 aromatic rings. The predicted molar refractivity (Wildman–Crippen MR) is 88.9 cm³/mol. The number of sulfonamides is 1. The Morgan fingerprint density at radius 2 is 2.14 bits per heavy atom. The Balaban J connectivity index is 1.81. The van der Waals surface area contributed by atoms with E-state index in [-0.39, 0.29) is 11.7 Å². The molecule has 3 rings (SSSR count). The summed E-state index contributed by atoms with van der Waals surface area (Å²) in [5.41, 5.74) is 0. The molecule has 22 heavy (non-hydrogen) atoms. The minimum absolute atomic E-state index is 0.163. The van der Waals surface area contributed by atoms with Gasteiger partial charge in [-0.3, -0.25) is 0 Å². The smallest absolute Gasteiger partial charge is 0.244 e. The molecule has 0 saturated carbocycles. The molecule has 1 aromatic carbocycles. The fraction of sp³-hybridized carbons (Fsp3) is 0.429. The maximum absolute atomic E-state index is 12.8. The molecule has 2 atom stereocenters. The van der Waals surface area contributed by atoms with Crippen molar-refractivity contribution >= 4 is 42.5 Å². The molecule has 1 saturated heterocycles. The second kappa shape index (κ2) is 6.37. The van der Waals surface area contributed by atoms with E-state index >= 15 is 0 Å². The minimum atomic E-state index is -3.49. The maximum atomic E-state index is 12.8. The normalized spacial score (nSPS) is 21.4. The number of hydrogen-bond donors (Lipinski definition) is 1. The molecule has 5 nitrogen and oxygen atoms in total. The van der Waals surface area contributed by atoms with Crippen LogP contribution in [0, 0.1) is 5.92 Å². The molecule has 0 bridgehead atoms. The SMILES string of the molecule is O=S(O)CCC1CCN(S(=O)(=O)c2csc3ccccc23)C1. The second-order valence-electron chi connectivity index (χ2n) is 5.43. The summed E-state index contributed by atoms with van der Waals surface area (Å²) < 4.78 is 47.7. The van der Waals surface area contributed by atoms with Crippen molar-refractivity contribution < 1.29 is 17.2 Å². The predicted octanol–water partition coefficient (Wildman–Crippen LogP) is 2.52. The first-order valence-electron chi connectivity index (χ1n) is 7.02. The summed E-state index contributed by atoms with van der Waals surface area (Å²) >= 11 is -0.373. The highest BCUT2D eigenvalue weighted by Gasteiger charge is 2.33. The third kappa shape index (κ3) is 3.11. The first-order chi connectivity index (χ1) is 10.5. The molecule has 1 aliphatic rings. The molecule has 8 heteroatoms. The fourth-order valence-corrected chi connectivity index (χ4v) is 6.35. The van der Waals surface area contributed by atoms with Crippen LogP contribution in [0.5, 0.6) is 0 Å². The van der Waals surface area contributed by atoms with Gasteiger partial charge in [0, 0.05) is 34.3 Å². The molecule has 1 fully saturated rings. The molecule has 120 valence electrons. The highest BCUT2D eigenvalue weighted by molar-refractivity contribution is 7.89. The molecule has 0 spiro atoms. The van der Waals surface area contributed by atoms with E-state index < -0.39 is 21.1 Å². The van der Waals surface area contributed by atoms with Gasteiger partial charge in [-0.05, 0) is 24.8 Å². The minimum Gasteiger partial charge on any atom is -0.306 e.